The first-order valence-electron chi connectivity index (χ1n) is 16.8. The molecule has 2 saturated heterocycles. The van der Waals surface area contributed by atoms with Crippen molar-refractivity contribution < 1.29 is 23.0 Å². The van der Waals surface area contributed by atoms with Gasteiger partial charge in [-0.3, -0.25) is 14.4 Å². The molecule has 8 rings (SSSR count). The Kier molecular flexibility index (Phi) is 7.39. The quantitative estimate of drug-likeness (QED) is 0.413. The standard InChI is InChI=1S/C34H42F2N8O3/c1-41(2)31(45)28-13-23-18-42(9-5-11-44(23)40-28)30-24-19-47-34(8-3-6-21-12-26(36)27(37)14-25(21)34)16-29(24)38-32(39-30)46-20-33-7-4-10-43(33)17-22(35)15-33/h12-14,22H,3-11,15-20,37H2,1-2H3/t22-,33+,34+/m1/s1. The van der Waals surface area contributed by atoms with Crippen molar-refractivity contribution in [3.05, 3.63) is 57.8 Å². The molecule has 13 heteroatoms. The molecule has 1 aromatic carbocycles. The van der Waals surface area contributed by atoms with Crippen LogP contribution in [0.25, 0.3) is 0 Å². The molecule has 6 heterocycles. The van der Waals surface area contributed by atoms with Crippen molar-refractivity contribution in [3.8, 4) is 6.01 Å². The van der Waals surface area contributed by atoms with Crippen LogP contribution in [0.2, 0.25) is 0 Å². The van der Waals surface area contributed by atoms with Gasteiger partial charge >= 0.3 is 6.01 Å². The van der Waals surface area contributed by atoms with Gasteiger partial charge in [-0.05, 0) is 74.4 Å². The zero-order valence-electron chi connectivity index (χ0n) is 27.1. The van der Waals surface area contributed by atoms with E-state index in [1.165, 1.54) is 4.90 Å². The lowest BCUT2D eigenvalue weighted by atomic mass is 9.74. The van der Waals surface area contributed by atoms with Gasteiger partial charge < -0.3 is 25.0 Å². The van der Waals surface area contributed by atoms with E-state index in [1.807, 2.05) is 10.7 Å². The number of aromatic nitrogens is 4. The van der Waals surface area contributed by atoms with Crippen LogP contribution in [-0.2, 0) is 42.9 Å². The van der Waals surface area contributed by atoms with Gasteiger partial charge in [0.15, 0.2) is 5.69 Å². The molecule has 0 saturated carbocycles. The summed E-state index contributed by atoms with van der Waals surface area (Å²) >= 11 is 0. The summed E-state index contributed by atoms with van der Waals surface area (Å²) in [7, 11) is 3.44. The first-order valence-corrected chi connectivity index (χ1v) is 16.8. The van der Waals surface area contributed by atoms with Crippen LogP contribution in [0.5, 0.6) is 6.01 Å². The number of fused-ring (bicyclic) bond motifs is 5. The van der Waals surface area contributed by atoms with Crippen LogP contribution >= 0.6 is 0 Å². The number of alkyl halides is 1. The average molecular weight is 649 g/mol. The first-order chi connectivity index (χ1) is 22.6. The molecule has 5 aliphatic rings. The molecule has 2 aromatic heterocycles. The average Bonchev–Trinajstić information content (AvgIpc) is 3.67. The highest BCUT2D eigenvalue weighted by atomic mass is 19.1. The van der Waals surface area contributed by atoms with Crippen LogP contribution in [0.4, 0.5) is 20.3 Å². The van der Waals surface area contributed by atoms with E-state index in [2.05, 4.69) is 14.9 Å². The summed E-state index contributed by atoms with van der Waals surface area (Å²) in [6.45, 7) is 3.83. The molecule has 0 radical (unpaired) electrons. The number of amides is 1. The Hall–Kier alpha value is -3.84. The Balaban J connectivity index is 1.16. The molecule has 1 spiro atoms. The summed E-state index contributed by atoms with van der Waals surface area (Å²) in [6, 6.07) is 5.42. The minimum Gasteiger partial charge on any atom is -0.461 e. The zero-order chi connectivity index (χ0) is 32.5. The van der Waals surface area contributed by atoms with Crippen molar-refractivity contribution in [2.24, 2.45) is 0 Å². The Labute approximate surface area is 273 Å². The van der Waals surface area contributed by atoms with Crippen molar-refractivity contribution in [3.63, 3.8) is 0 Å². The third kappa shape index (κ3) is 5.22. The molecule has 1 amide bonds. The first kappa shape index (κ1) is 30.5. The molecule has 1 aliphatic carbocycles. The zero-order valence-corrected chi connectivity index (χ0v) is 27.1. The molecule has 250 valence electrons. The summed E-state index contributed by atoms with van der Waals surface area (Å²) in [5, 5.41) is 4.61. The van der Waals surface area contributed by atoms with Gasteiger partial charge in [-0.15, -0.1) is 0 Å². The van der Waals surface area contributed by atoms with Gasteiger partial charge in [-0.25, -0.2) is 8.78 Å². The normalized spacial score (nSPS) is 26.8. The van der Waals surface area contributed by atoms with E-state index in [0.717, 1.165) is 79.0 Å². The van der Waals surface area contributed by atoms with Crippen LogP contribution < -0.4 is 15.4 Å². The van der Waals surface area contributed by atoms with Crippen molar-refractivity contribution in [2.45, 2.75) is 88.4 Å². The number of nitrogens with two attached hydrogens (primary N) is 1. The van der Waals surface area contributed by atoms with E-state index in [0.29, 0.717) is 51.3 Å². The predicted molar refractivity (Wildman–Crippen MR) is 170 cm³/mol. The number of rotatable bonds is 5. The van der Waals surface area contributed by atoms with Gasteiger partial charge in [0.25, 0.3) is 5.91 Å². The van der Waals surface area contributed by atoms with E-state index < -0.39 is 17.6 Å². The molecular weight excluding hydrogens is 606 g/mol. The second-order valence-corrected chi connectivity index (χ2v) is 14.2. The molecule has 3 atom stereocenters. The molecule has 47 heavy (non-hydrogen) atoms. The van der Waals surface area contributed by atoms with Crippen molar-refractivity contribution in [2.75, 3.05) is 51.0 Å². The van der Waals surface area contributed by atoms with Crippen LogP contribution in [0, 0.1) is 5.82 Å². The molecule has 2 fully saturated rings. The van der Waals surface area contributed by atoms with E-state index in [1.54, 1.807) is 26.2 Å². The molecular formula is C34H42F2N8O3. The van der Waals surface area contributed by atoms with Crippen molar-refractivity contribution in [1.82, 2.24) is 29.5 Å². The predicted octanol–water partition coefficient (Wildman–Crippen LogP) is 3.77. The Morgan fingerprint density at radius 3 is 2.87 bits per heavy atom. The number of hydrogen-bond donors (Lipinski definition) is 1. The van der Waals surface area contributed by atoms with E-state index >= 15 is 0 Å². The minimum absolute atomic E-state index is 0.114. The van der Waals surface area contributed by atoms with Gasteiger partial charge in [0.1, 0.15) is 24.4 Å². The summed E-state index contributed by atoms with van der Waals surface area (Å²) in [5.41, 5.74) is 10.1. The number of anilines is 2. The fourth-order valence-electron chi connectivity index (χ4n) is 8.57. The maximum Gasteiger partial charge on any atom is 0.318 e. The molecule has 3 aromatic rings. The lowest BCUT2D eigenvalue weighted by Gasteiger charge is -2.43. The fourth-order valence-corrected chi connectivity index (χ4v) is 8.57. The van der Waals surface area contributed by atoms with Crippen LogP contribution in [0.3, 0.4) is 0 Å². The molecule has 0 bridgehead atoms. The highest BCUT2D eigenvalue weighted by Gasteiger charge is 2.50. The van der Waals surface area contributed by atoms with Gasteiger partial charge in [0, 0.05) is 52.1 Å². The molecule has 2 N–H and O–H groups in total. The lowest BCUT2D eigenvalue weighted by Crippen LogP contribution is -2.44. The number of hydrogen-bond acceptors (Lipinski definition) is 9. The van der Waals surface area contributed by atoms with Gasteiger partial charge in [-0.1, -0.05) is 0 Å². The SMILES string of the molecule is CN(C)C(=O)c1cc2n(n1)CCCN(c1nc(OC[C@@]34CCCN3C[C@H](F)C4)nc3c1CO[C@@]1(CCCc4cc(F)c(N)cc41)C3)C2. The largest absolute Gasteiger partial charge is 0.461 e. The Bertz CT molecular complexity index is 1730. The number of ether oxygens (including phenoxy) is 2. The summed E-state index contributed by atoms with van der Waals surface area (Å²) in [5.74, 6) is 0.193. The number of aryl methyl sites for hydroxylation is 2. The maximum atomic E-state index is 14.6. The van der Waals surface area contributed by atoms with Crippen LogP contribution in [0.1, 0.15) is 77.1 Å². The smallest absolute Gasteiger partial charge is 0.318 e. The topological polar surface area (TPSA) is 115 Å². The summed E-state index contributed by atoms with van der Waals surface area (Å²) in [4.78, 5) is 28.7. The maximum absolute atomic E-state index is 14.6. The highest BCUT2D eigenvalue weighted by molar-refractivity contribution is 5.92. The number of nitrogen functional groups attached to an aromatic ring is 1. The number of benzene rings is 1. The van der Waals surface area contributed by atoms with E-state index in [9.17, 15) is 13.6 Å². The Morgan fingerprint density at radius 2 is 2.02 bits per heavy atom. The molecule has 11 nitrogen and oxygen atoms in total. The van der Waals surface area contributed by atoms with Crippen molar-refractivity contribution in [1.29, 1.82) is 0 Å². The highest BCUT2D eigenvalue weighted by Crippen LogP contribution is 2.47. The summed E-state index contributed by atoms with van der Waals surface area (Å²) < 4.78 is 44.2. The minimum atomic E-state index is -0.856. The second kappa shape index (κ2) is 11.4. The van der Waals surface area contributed by atoms with Gasteiger partial charge in [0.05, 0.1) is 41.4 Å². The monoisotopic (exact) mass is 648 g/mol. The number of halogens is 2. The fraction of sp³-hybridized carbons (Fsp3) is 0.588. The third-order valence-electron chi connectivity index (χ3n) is 10.9. The molecule has 0 unspecified atom stereocenters. The van der Waals surface area contributed by atoms with Crippen molar-refractivity contribution >= 4 is 17.4 Å². The second-order valence-electron chi connectivity index (χ2n) is 14.2. The number of nitrogens with zero attached hydrogens (tertiary/aromatic N) is 7. The van der Waals surface area contributed by atoms with Gasteiger partial charge in [-0.2, -0.15) is 15.1 Å². The van der Waals surface area contributed by atoms with E-state index in [4.69, 9.17) is 25.2 Å². The van der Waals surface area contributed by atoms with Gasteiger partial charge in [0.2, 0.25) is 0 Å². The number of carbonyl (C=O) groups excluding carboxylic acids is 1. The third-order valence-corrected chi connectivity index (χ3v) is 10.9. The lowest BCUT2D eigenvalue weighted by molar-refractivity contribution is -0.0855. The number of carbonyl (C=O) groups is 1. The van der Waals surface area contributed by atoms with Crippen LogP contribution in [-0.4, -0.2) is 87.5 Å². The molecule has 4 aliphatic heterocycles. The van der Waals surface area contributed by atoms with Crippen LogP contribution in [0.15, 0.2) is 18.2 Å². The Morgan fingerprint density at radius 1 is 1.15 bits per heavy atom. The summed E-state index contributed by atoms with van der Waals surface area (Å²) in [6.07, 6.45) is 5.19. The van der Waals surface area contributed by atoms with E-state index in [-0.39, 0.29) is 29.8 Å².